The normalized spacial score (nSPS) is 17.3. The van der Waals surface area contributed by atoms with Crippen molar-refractivity contribution in [1.82, 2.24) is 4.31 Å². The van der Waals surface area contributed by atoms with E-state index >= 15 is 0 Å². The summed E-state index contributed by atoms with van der Waals surface area (Å²) in [5, 5.41) is 11.1. The van der Waals surface area contributed by atoms with Crippen LogP contribution in [0.5, 0.6) is 0 Å². The van der Waals surface area contributed by atoms with Gasteiger partial charge in [-0.25, -0.2) is 8.42 Å². The van der Waals surface area contributed by atoms with Crippen LogP contribution < -0.4 is 4.90 Å². The molecule has 0 saturated carbocycles. The second kappa shape index (κ2) is 5.96. The molecule has 2 rings (SSSR count). The lowest BCUT2D eigenvalue weighted by atomic mass is 10.1. The molecule has 1 aromatic rings. The van der Waals surface area contributed by atoms with Crippen LogP contribution in [0.3, 0.4) is 0 Å². The third kappa shape index (κ3) is 3.91. The van der Waals surface area contributed by atoms with E-state index in [0.717, 1.165) is 18.4 Å². The summed E-state index contributed by atoms with van der Waals surface area (Å²) in [4.78, 5) is 11.7. The molecule has 0 amide bonds. The van der Waals surface area contributed by atoms with Gasteiger partial charge in [-0.3, -0.25) is 10.1 Å². The number of alkyl halides is 3. The lowest BCUT2D eigenvalue weighted by molar-refractivity contribution is -0.384. The quantitative estimate of drug-likeness (QED) is 0.610. The number of rotatable bonds is 3. The molecule has 0 spiro atoms. The molecular weight excluding hydrogens is 339 g/mol. The van der Waals surface area contributed by atoms with Gasteiger partial charge in [0.05, 0.1) is 16.7 Å². The van der Waals surface area contributed by atoms with Gasteiger partial charge in [0.25, 0.3) is 5.69 Å². The van der Waals surface area contributed by atoms with E-state index in [-0.39, 0.29) is 31.9 Å². The summed E-state index contributed by atoms with van der Waals surface area (Å²) in [6, 6.07) is 2.33. The van der Waals surface area contributed by atoms with Crippen molar-refractivity contribution < 1.29 is 26.5 Å². The fraction of sp³-hybridized carbons (Fsp3) is 0.500. The highest BCUT2D eigenvalue weighted by atomic mass is 32.2. The van der Waals surface area contributed by atoms with Crippen LogP contribution in [0, 0.1) is 10.1 Å². The van der Waals surface area contributed by atoms with Gasteiger partial charge in [0.2, 0.25) is 10.0 Å². The summed E-state index contributed by atoms with van der Waals surface area (Å²) in [7, 11) is -3.36. The lowest BCUT2D eigenvalue weighted by Gasteiger charge is -2.34. The van der Waals surface area contributed by atoms with Crippen LogP contribution in [0.2, 0.25) is 0 Å². The standard InChI is InChI=1S/C12H14F3N3O4S/c1-23(21,22)17-6-4-16(5-7-17)10-3-2-9(12(13,14)15)8-11(10)18(19)20/h2-3,8H,4-7H2,1H3. The molecule has 1 aliphatic rings. The SMILES string of the molecule is CS(=O)(=O)N1CCN(c2ccc(C(F)(F)F)cc2[N+](=O)[O-])CC1. The predicted molar refractivity (Wildman–Crippen MR) is 76.7 cm³/mol. The minimum Gasteiger partial charge on any atom is -0.363 e. The van der Waals surface area contributed by atoms with Gasteiger partial charge in [-0.05, 0) is 12.1 Å². The molecule has 0 unspecified atom stereocenters. The number of halogens is 3. The molecule has 1 heterocycles. The van der Waals surface area contributed by atoms with Crippen molar-refractivity contribution in [3.8, 4) is 0 Å². The van der Waals surface area contributed by atoms with Gasteiger partial charge in [-0.15, -0.1) is 0 Å². The smallest absolute Gasteiger partial charge is 0.363 e. The first-order valence-electron chi connectivity index (χ1n) is 6.56. The summed E-state index contributed by atoms with van der Waals surface area (Å²) in [6.45, 7) is 0.576. The van der Waals surface area contributed by atoms with Crippen LogP contribution in [0.15, 0.2) is 18.2 Å². The largest absolute Gasteiger partial charge is 0.416 e. The first-order chi connectivity index (χ1) is 10.5. The number of sulfonamides is 1. The first-order valence-corrected chi connectivity index (χ1v) is 8.40. The highest BCUT2D eigenvalue weighted by Gasteiger charge is 2.34. The highest BCUT2D eigenvalue weighted by molar-refractivity contribution is 7.88. The monoisotopic (exact) mass is 353 g/mol. The van der Waals surface area contributed by atoms with Crippen LogP contribution in [0.4, 0.5) is 24.5 Å². The van der Waals surface area contributed by atoms with Gasteiger partial charge >= 0.3 is 6.18 Å². The van der Waals surface area contributed by atoms with Gasteiger partial charge in [0, 0.05) is 32.2 Å². The molecule has 0 aliphatic carbocycles. The number of piperazine rings is 1. The molecule has 1 fully saturated rings. The van der Waals surface area contributed by atoms with E-state index in [1.165, 1.54) is 9.21 Å². The first kappa shape index (κ1) is 17.5. The minimum atomic E-state index is -4.67. The maximum atomic E-state index is 12.7. The number of hydrogen-bond donors (Lipinski definition) is 0. The molecule has 1 aromatic carbocycles. The Bertz CT molecular complexity index is 713. The number of nitro groups is 1. The van der Waals surface area contributed by atoms with Crippen LogP contribution >= 0.6 is 0 Å². The molecule has 1 aliphatic heterocycles. The molecule has 0 atom stereocenters. The Morgan fingerprint density at radius 1 is 1.17 bits per heavy atom. The average Bonchev–Trinajstić information content (AvgIpc) is 2.45. The second-order valence-electron chi connectivity index (χ2n) is 5.11. The van der Waals surface area contributed by atoms with Gasteiger partial charge in [-0.1, -0.05) is 0 Å². The third-order valence-electron chi connectivity index (χ3n) is 3.55. The van der Waals surface area contributed by atoms with Crippen LogP contribution in [-0.2, 0) is 16.2 Å². The zero-order valence-electron chi connectivity index (χ0n) is 12.1. The van der Waals surface area contributed by atoms with Crippen molar-refractivity contribution in [3.05, 3.63) is 33.9 Å². The molecule has 0 aromatic heterocycles. The van der Waals surface area contributed by atoms with Crippen LogP contribution in [0.25, 0.3) is 0 Å². The summed E-state index contributed by atoms with van der Waals surface area (Å²) < 4.78 is 62.1. The Balaban J connectivity index is 2.29. The molecular formula is C12H14F3N3O4S. The van der Waals surface area contributed by atoms with Crippen molar-refractivity contribution in [2.24, 2.45) is 0 Å². The topological polar surface area (TPSA) is 83.8 Å². The van der Waals surface area contributed by atoms with Gasteiger partial charge < -0.3 is 4.90 Å². The van der Waals surface area contributed by atoms with Crippen molar-refractivity contribution in [1.29, 1.82) is 0 Å². The summed E-state index contributed by atoms with van der Waals surface area (Å²) >= 11 is 0. The van der Waals surface area contributed by atoms with Crippen molar-refractivity contribution in [2.75, 3.05) is 37.3 Å². The number of nitrogens with zero attached hydrogens (tertiary/aromatic N) is 3. The molecule has 23 heavy (non-hydrogen) atoms. The van der Waals surface area contributed by atoms with E-state index in [4.69, 9.17) is 0 Å². The van der Waals surface area contributed by atoms with Crippen molar-refractivity contribution in [3.63, 3.8) is 0 Å². The maximum Gasteiger partial charge on any atom is 0.416 e. The Kier molecular flexibility index (Phi) is 4.53. The average molecular weight is 353 g/mol. The number of anilines is 1. The third-order valence-corrected chi connectivity index (χ3v) is 4.85. The lowest BCUT2D eigenvalue weighted by Crippen LogP contribution is -2.48. The van der Waals surface area contributed by atoms with Gasteiger partial charge in [0.15, 0.2) is 0 Å². The minimum absolute atomic E-state index is 0.0520. The summed E-state index contributed by atoms with van der Waals surface area (Å²) in [6.07, 6.45) is -3.61. The highest BCUT2D eigenvalue weighted by Crippen LogP contribution is 2.36. The van der Waals surface area contributed by atoms with E-state index in [9.17, 15) is 31.7 Å². The fourth-order valence-electron chi connectivity index (χ4n) is 2.37. The number of benzene rings is 1. The Labute approximate surface area is 130 Å². The zero-order chi connectivity index (χ0) is 17.4. The molecule has 128 valence electrons. The molecule has 0 bridgehead atoms. The van der Waals surface area contributed by atoms with Crippen LogP contribution in [-0.4, -0.2) is 50.1 Å². The van der Waals surface area contributed by atoms with Gasteiger partial charge in [-0.2, -0.15) is 17.5 Å². The molecule has 7 nitrogen and oxygen atoms in total. The second-order valence-corrected chi connectivity index (χ2v) is 7.09. The summed E-state index contributed by atoms with van der Waals surface area (Å²) in [5.41, 5.74) is -1.69. The molecule has 0 radical (unpaired) electrons. The fourth-order valence-corrected chi connectivity index (χ4v) is 3.20. The zero-order valence-corrected chi connectivity index (χ0v) is 12.9. The predicted octanol–water partition coefficient (Wildman–Crippen LogP) is 1.70. The molecule has 11 heteroatoms. The Morgan fingerprint density at radius 2 is 1.74 bits per heavy atom. The van der Waals surface area contributed by atoms with Crippen LogP contribution in [0.1, 0.15) is 5.56 Å². The maximum absolute atomic E-state index is 12.7. The van der Waals surface area contributed by atoms with Crippen molar-refractivity contribution in [2.45, 2.75) is 6.18 Å². The molecule has 1 saturated heterocycles. The Morgan fingerprint density at radius 3 is 2.17 bits per heavy atom. The molecule has 0 N–H and O–H groups in total. The van der Waals surface area contributed by atoms with E-state index in [1.54, 1.807) is 0 Å². The van der Waals surface area contributed by atoms with Gasteiger partial charge in [0.1, 0.15) is 5.69 Å². The number of nitro benzene ring substituents is 1. The van der Waals surface area contributed by atoms with E-state index in [0.29, 0.717) is 6.07 Å². The number of hydrogen-bond acceptors (Lipinski definition) is 5. The van der Waals surface area contributed by atoms with E-state index in [1.807, 2.05) is 0 Å². The summed E-state index contributed by atoms with van der Waals surface area (Å²) in [5.74, 6) is 0. The van der Waals surface area contributed by atoms with E-state index in [2.05, 4.69) is 0 Å². The van der Waals surface area contributed by atoms with E-state index < -0.39 is 32.4 Å². The Hall–Kier alpha value is -1.88. The van der Waals surface area contributed by atoms with Crippen molar-refractivity contribution >= 4 is 21.4 Å².